The Morgan fingerprint density at radius 3 is 2.38 bits per heavy atom. The third kappa shape index (κ3) is 4.51. The van der Waals surface area contributed by atoms with Crippen molar-refractivity contribution in [1.82, 2.24) is 9.62 Å². The number of β-amino-alcohol motifs (C(OH)–C–C–N with tert-alkyl or cyclic N) is 1. The first kappa shape index (κ1) is 16.4. The van der Waals surface area contributed by atoms with Crippen molar-refractivity contribution in [1.29, 1.82) is 0 Å². The molecular weight excluding hydrogens is 288 g/mol. The zero-order valence-electron chi connectivity index (χ0n) is 12.6. The molecule has 0 radical (unpaired) electrons. The van der Waals surface area contributed by atoms with Gasteiger partial charge in [-0.25, -0.2) is 13.1 Å². The van der Waals surface area contributed by atoms with Gasteiger partial charge in [-0.3, -0.25) is 0 Å². The van der Waals surface area contributed by atoms with Crippen LogP contribution in [0.5, 0.6) is 0 Å². The van der Waals surface area contributed by atoms with E-state index in [1.54, 1.807) is 31.2 Å². The van der Waals surface area contributed by atoms with E-state index < -0.39 is 22.2 Å². The molecule has 2 atom stereocenters. The minimum Gasteiger partial charge on any atom is -0.390 e. The number of hydrogen-bond acceptors (Lipinski definition) is 4. The van der Waals surface area contributed by atoms with E-state index in [9.17, 15) is 13.5 Å². The number of rotatable bonds is 6. The Balaban J connectivity index is 1.96. The first-order chi connectivity index (χ1) is 9.88. The standard InChI is InChI=1S/C15H24N2O3S/c1-12-5-7-14(8-6-12)21(19,20)16-13(2)15(18)11-17-9-3-4-10-17/h5-8,13,15-16,18H,3-4,9-11H2,1-2H3. The summed E-state index contributed by atoms with van der Waals surface area (Å²) < 4.78 is 27.1. The van der Waals surface area contributed by atoms with Gasteiger partial charge in [-0.15, -0.1) is 0 Å². The molecule has 1 aliphatic rings. The molecule has 0 saturated carbocycles. The van der Waals surface area contributed by atoms with Crippen LogP contribution in [0.2, 0.25) is 0 Å². The molecule has 1 saturated heterocycles. The number of likely N-dealkylation sites (tertiary alicyclic amines) is 1. The van der Waals surface area contributed by atoms with E-state index in [2.05, 4.69) is 9.62 Å². The molecule has 1 fully saturated rings. The highest BCUT2D eigenvalue weighted by Gasteiger charge is 2.24. The lowest BCUT2D eigenvalue weighted by Gasteiger charge is -2.24. The maximum absolute atomic E-state index is 12.3. The van der Waals surface area contributed by atoms with Gasteiger partial charge in [0, 0.05) is 12.6 Å². The smallest absolute Gasteiger partial charge is 0.240 e. The van der Waals surface area contributed by atoms with Crippen molar-refractivity contribution in [3.63, 3.8) is 0 Å². The Kier molecular flexibility index (Phi) is 5.37. The second kappa shape index (κ2) is 6.87. The molecule has 2 rings (SSSR count). The average Bonchev–Trinajstić information content (AvgIpc) is 2.91. The lowest BCUT2D eigenvalue weighted by molar-refractivity contribution is 0.101. The van der Waals surface area contributed by atoms with Crippen LogP contribution >= 0.6 is 0 Å². The van der Waals surface area contributed by atoms with Gasteiger partial charge in [-0.05, 0) is 51.9 Å². The summed E-state index contributed by atoms with van der Waals surface area (Å²) >= 11 is 0. The topological polar surface area (TPSA) is 69.6 Å². The fourth-order valence-corrected chi connectivity index (χ4v) is 3.77. The van der Waals surface area contributed by atoms with Crippen molar-refractivity contribution in [3.05, 3.63) is 29.8 Å². The van der Waals surface area contributed by atoms with Crippen molar-refractivity contribution in [3.8, 4) is 0 Å². The Hall–Kier alpha value is -0.950. The minimum atomic E-state index is -3.58. The van der Waals surface area contributed by atoms with Crippen LogP contribution in [0.25, 0.3) is 0 Å². The van der Waals surface area contributed by atoms with Crippen LogP contribution in [0.4, 0.5) is 0 Å². The number of sulfonamides is 1. The van der Waals surface area contributed by atoms with Gasteiger partial charge in [-0.1, -0.05) is 17.7 Å². The molecule has 0 amide bonds. The summed E-state index contributed by atoms with van der Waals surface area (Å²) in [6.45, 7) is 6.08. The van der Waals surface area contributed by atoms with Crippen LogP contribution in [-0.4, -0.2) is 50.2 Å². The van der Waals surface area contributed by atoms with Gasteiger partial charge in [0.2, 0.25) is 10.0 Å². The monoisotopic (exact) mass is 312 g/mol. The normalized spacial score (nSPS) is 19.6. The zero-order valence-corrected chi connectivity index (χ0v) is 13.4. The van der Waals surface area contributed by atoms with Gasteiger partial charge < -0.3 is 10.0 Å². The van der Waals surface area contributed by atoms with Crippen LogP contribution in [0, 0.1) is 6.92 Å². The van der Waals surface area contributed by atoms with Gasteiger partial charge in [-0.2, -0.15) is 0 Å². The third-order valence-electron chi connectivity index (χ3n) is 3.89. The number of nitrogens with one attached hydrogen (secondary N) is 1. The van der Waals surface area contributed by atoms with Crippen LogP contribution in [0.15, 0.2) is 29.2 Å². The fourth-order valence-electron chi connectivity index (χ4n) is 2.50. The Morgan fingerprint density at radius 1 is 1.24 bits per heavy atom. The molecule has 1 aromatic carbocycles. The summed E-state index contributed by atoms with van der Waals surface area (Å²) in [4.78, 5) is 2.40. The maximum Gasteiger partial charge on any atom is 0.240 e. The van der Waals surface area contributed by atoms with E-state index in [0.717, 1.165) is 31.5 Å². The minimum absolute atomic E-state index is 0.230. The van der Waals surface area contributed by atoms with Crippen molar-refractivity contribution in [2.75, 3.05) is 19.6 Å². The van der Waals surface area contributed by atoms with E-state index in [1.165, 1.54) is 0 Å². The molecule has 21 heavy (non-hydrogen) atoms. The summed E-state index contributed by atoms with van der Waals surface area (Å²) in [5, 5.41) is 10.2. The summed E-state index contributed by atoms with van der Waals surface area (Å²) in [6, 6.07) is 6.17. The van der Waals surface area contributed by atoms with Gasteiger partial charge in [0.15, 0.2) is 0 Å². The number of aryl methyl sites for hydroxylation is 1. The number of nitrogens with zero attached hydrogens (tertiary/aromatic N) is 1. The van der Waals surface area contributed by atoms with E-state index in [1.807, 2.05) is 6.92 Å². The molecular formula is C15H24N2O3S. The quantitative estimate of drug-likeness (QED) is 0.826. The predicted octanol–water partition coefficient (Wildman–Crippen LogP) is 1.12. The molecule has 0 bridgehead atoms. The zero-order chi connectivity index (χ0) is 15.5. The molecule has 0 spiro atoms. The highest BCUT2D eigenvalue weighted by molar-refractivity contribution is 7.89. The lowest BCUT2D eigenvalue weighted by atomic mass is 10.2. The first-order valence-corrected chi connectivity index (χ1v) is 8.86. The maximum atomic E-state index is 12.3. The second-order valence-electron chi connectivity index (χ2n) is 5.80. The van der Waals surface area contributed by atoms with Crippen LogP contribution in [0.3, 0.4) is 0 Å². The Labute approximate surface area is 127 Å². The molecule has 6 heteroatoms. The SMILES string of the molecule is Cc1ccc(S(=O)(=O)NC(C)C(O)CN2CCCC2)cc1. The molecule has 1 heterocycles. The molecule has 5 nitrogen and oxygen atoms in total. The number of hydrogen-bond donors (Lipinski definition) is 2. The van der Waals surface area contributed by atoms with Crippen LogP contribution in [0.1, 0.15) is 25.3 Å². The van der Waals surface area contributed by atoms with Crippen molar-refractivity contribution in [2.45, 2.75) is 43.7 Å². The fraction of sp³-hybridized carbons (Fsp3) is 0.600. The predicted molar refractivity (Wildman–Crippen MR) is 82.6 cm³/mol. The molecule has 1 aliphatic heterocycles. The highest BCUT2D eigenvalue weighted by Crippen LogP contribution is 2.13. The summed E-state index contributed by atoms with van der Waals surface area (Å²) in [5.41, 5.74) is 1.01. The van der Waals surface area contributed by atoms with E-state index in [4.69, 9.17) is 0 Å². The van der Waals surface area contributed by atoms with E-state index in [-0.39, 0.29) is 4.90 Å². The van der Waals surface area contributed by atoms with E-state index >= 15 is 0 Å². The van der Waals surface area contributed by atoms with Gasteiger partial charge in [0.05, 0.1) is 11.0 Å². The molecule has 118 valence electrons. The highest BCUT2D eigenvalue weighted by atomic mass is 32.2. The molecule has 0 aromatic heterocycles. The third-order valence-corrected chi connectivity index (χ3v) is 5.47. The summed E-state index contributed by atoms with van der Waals surface area (Å²) in [5.74, 6) is 0. The molecule has 2 N–H and O–H groups in total. The first-order valence-electron chi connectivity index (χ1n) is 7.38. The van der Waals surface area contributed by atoms with Crippen LogP contribution in [-0.2, 0) is 10.0 Å². The summed E-state index contributed by atoms with van der Waals surface area (Å²) in [6.07, 6.45) is 1.59. The average molecular weight is 312 g/mol. The number of aliphatic hydroxyl groups is 1. The molecule has 0 aliphatic carbocycles. The lowest BCUT2D eigenvalue weighted by Crippen LogP contribution is -2.46. The van der Waals surface area contributed by atoms with Crippen LogP contribution < -0.4 is 4.72 Å². The van der Waals surface area contributed by atoms with Crippen molar-refractivity contribution in [2.24, 2.45) is 0 Å². The largest absolute Gasteiger partial charge is 0.390 e. The van der Waals surface area contributed by atoms with Gasteiger partial charge in [0.25, 0.3) is 0 Å². The number of benzene rings is 1. The number of aliphatic hydroxyl groups excluding tert-OH is 1. The van der Waals surface area contributed by atoms with Crippen molar-refractivity contribution < 1.29 is 13.5 Å². The second-order valence-corrected chi connectivity index (χ2v) is 7.51. The molecule has 2 unspecified atom stereocenters. The molecule has 1 aromatic rings. The van der Waals surface area contributed by atoms with Crippen molar-refractivity contribution >= 4 is 10.0 Å². The van der Waals surface area contributed by atoms with E-state index in [0.29, 0.717) is 6.54 Å². The van der Waals surface area contributed by atoms with Gasteiger partial charge in [0.1, 0.15) is 0 Å². The van der Waals surface area contributed by atoms with Gasteiger partial charge >= 0.3 is 0 Å². The Morgan fingerprint density at radius 2 is 1.81 bits per heavy atom. The Bertz CT molecular complexity index is 551. The summed E-state index contributed by atoms with van der Waals surface area (Å²) in [7, 11) is -3.58.